The van der Waals surface area contributed by atoms with E-state index < -0.39 is 0 Å². The number of nitrogens with two attached hydrogens (primary N) is 1. The molecule has 1 aromatic rings. The Balaban J connectivity index is 0.000000531. The molecule has 2 rings (SSSR count). The van der Waals surface area contributed by atoms with Crippen LogP contribution in [-0.4, -0.2) is 11.5 Å². The van der Waals surface area contributed by atoms with Crippen LogP contribution in [0.1, 0.15) is 20.3 Å². The normalized spacial score (nSPS) is 14.4. The van der Waals surface area contributed by atoms with Crippen molar-refractivity contribution in [3.8, 4) is 11.8 Å². The number of nitrogen functional groups attached to an aromatic ring is 1. The quantitative estimate of drug-likeness (QED) is 0.621. The highest BCUT2D eigenvalue weighted by atomic mass is 14.9. The molecule has 0 saturated heterocycles. The van der Waals surface area contributed by atoms with E-state index in [2.05, 4.69) is 21.8 Å². The summed E-state index contributed by atoms with van der Waals surface area (Å²) in [6.45, 7) is 4.51. The van der Waals surface area contributed by atoms with Gasteiger partial charge in [0.25, 0.3) is 0 Å². The first-order valence-corrected chi connectivity index (χ1v) is 5.09. The van der Waals surface area contributed by atoms with Gasteiger partial charge < -0.3 is 5.73 Å². The summed E-state index contributed by atoms with van der Waals surface area (Å²) < 4.78 is 0. The van der Waals surface area contributed by atoms with Crippen molar-refractivity contribution in [2.75, 3.05) is 12.3 Å². The number of anilines is 1. The lowest BCUT2D eigenvalue weighted by molar-refractivity contribution is 1.05. The Bertz CT molecular complexity index is 492. The van der Waals surface area contributed by atoms with Crippen molar-refractivity contribution in [1.29, 1.82) is 0 Å². The van der Waals surface area contributed by atoms with Crippen molar-refractivity contribution < 1.29 is 0 Å². The molecule has 0 saturated carbocycles. The monoisotopic (exact) mass is 201 g/mol. The Kier molecular flexibility index (Phi) is 4.36. The van der Waals surface area contributed by atoms with Crippen molar-refractivity contribution in [1.82, 2.24) is 4.98 Å². The minimum Gasteiger partial charge on any atom is -0.384 e. The molecule has 3 nitrogen and oxygen atoms in total. The van der Waals surface area contributed by atoms with Crippen LogP contribution in [0.4, 0.5) is 5.82 Å². The highest BCUT2D eigenvalue weighted by Crippen LogP contribution is 1.86. The molecule has 0 fully saturated rings. The Morgan fingerprint density at radius 3 is 2.87 bits per heavy atom. The smallest absolute Gasteiger partial charge is 0.157 e. The number of pyridine rings is 1. The van der Waals surface area contributed by atoms with Gasteiger partial charge in [0.2, 0.25) is 0 Å². The van der Waals surface area contributed by atoms with Gasteiger partial charge in [0.05, 0.1) is 0 Å². The highest BCUT2D eigenvalue weighted by molar-refractivity contribution is 5.33. The number of rotatable bonds is 0. The minimum atomic E-state index is 0.504. The second kappa shape index (κ2) is 5.82. The number of nitrogens with zero attached hydrogens (tertiary/aromatic N) is 2. The van der Waals surface area contributed by atoms with Gasteiger partial charge >= 0.3 is 0 Å². The van der Waals surface area contributed by atoms with Crippen LogP contribution >= 0.6 is 0 Å². The second-order valence-corrected chi connectivity index (χ2v) is 2.73. The Morgan fingerprint density at radius 2 is 2.07 bits per heavy atom. The zero-order chi connectivity index (χ0) is 11.1. The van der Waals surface area contributed by atoms with Gasteiger partial charge in [0.15, 0.2) is 5.49 Å². The van der Waals surface area contributed by atoms with E-state index in [0.717, 1.165) is 11.6 Å². The van der Waals surface area contributed by atoms with Crippen molar-refractivity contribution in [3.63, 3.8) is 0 Å². The number of hydrogen-bond donors (Lipinski definition) is 1. The van der Waals surface area contributed by atoms with E-state index in [4.69, 9.17) is 5.73 Å². The van der Waals surface area contributed by atoms with Gasteiger partial charge in [0.1, 0.15) is 12.4 Å². The van der Waals surface area contributed by atoms with Gasteiger partial charge in [-0.3, -0.25) is 4.99 Å². The van der Waals surface area contributed by atoms with Crippen LogP contribution in [-0.2, 0) is 0 Å². The summed E-state index contributed by atoms with van der Waals surface area (Å²) >= 11 is 0. The molecule has 0 amide bonds. The summed E-state index contributed by atoms with van der Waals surface area (Å²) in [5, 5.41) is 1.02. The SMILES string of the molecule is CC.Nc1cc/c2c(n1)=NCC#CC\C=2. The highest BCUT2D eigenvalue weighted by Gasteiger charge is 1.91. The number of aromatic nitrogens is 1. The Morgan fingerprint density at radius 1 is 1.27 bits per heavy atom. The van der Waals surface area contributed by atoms with Crippen LogP contribution in [0.5, 0.6) is 0 Å². The van der Waals surface area contributed by atoms with Crippen LogP contribution < -0.4 is 16.4 Å². The lowest BCUT2D eigenvalue weighted by Crippen LogP contribution is -2.29. The molecule has 78 valence electrons. The molecule has 0 unspecified atom stereocenters. The van der Waals surface area contributed by atoms with Crippen molar-refractivity contribution in [2.45, 2.75) is 20.3 Å². The molecule has 0 bridgehead atoms. The van der Waals surface area contributed by atoms with Crippen molar-refractivity contribution >= 4 is 11.9 Å². The summed E-state index contributed by atoms with van der Waals surface area (Å²) in [5.74, 6) is 6.41. The first kappa shape index (κ1) is 11.3. The van der Waals surface area contributed by atoms with E-state index in [-0.39, 0.29) is 0 Å². The zero-order valence-electron chi connectivity index (χ0n) is 9.12. The molecule has 0 aliphatic carbocycles. The molecule has 0 spiro atoms. The van der Waals surface area contributed by atoms with Crippen molar-refractivity contribution in [3.05, 3.63) is 22.8 Å². The topological polar surface area (TPSA) is 51.3 Å². The summed E-state index contributed by atoms with van der Waals surface area (Å²) in [6, 6.07) is 3.70. The molecule has 1 aromatic heterocycles. The lowest BCUT2D eigenvalue weighted by atomic mass is 10.3. The van der Waals surface area contributed by atoms with Crippen LogP contribution in [0.15, 0.2) is 17.1 Å². The third-order valence-corrected chi connectivity index (χ3v) is 1.78. The van der Waals surface area contributed by atoms with Gasteiger partial charge in [-0.2, -0.15) is 0 Å². The molecule has 0 radical (unpaired) electrons. The van der Waals surface area contributed by atoms with Crippen LogP contribution in [0.3, 0.4) is 0 Å². The number of fused-ring (bicyclic) bond motifs is 1. The molecule has 3 heteroatoms. The van der Waals surface area contributed by atoms with E-state index in [1.165, 1.54) is 0 Å². The molecule has 1 aliphatic heterocycles. The van der Waals surface area contributed by atoms with Crippen LogP contribution in [0.25, 0.3) is 6.08 Å². The predicted molar refractivity (Wildman–Crippen MR) is 62.5 cm³/mol. The summed E-state index contributed by atoms with van der Waals surface area (Å²) in [4.78, 5) is 8.34. The average molecular weight is 201 g/mol. The maximum absolute atomic E-state index is 5.55. The maximum atomic E-state index is 5.55. The summed E-state index contributed by atoms with van der Waals surface area (Å²) in [5.41, 5.74) is 6.25. The minimum absolute atomic E-state index is 0.504. The zero-order valence-corrected chi connectivity index (χ0v) is 9.12. The molecule has 0 atom stereocenters. The maximum Gasteiger partial charge on any atom is 0.157 e. The summed E-state index contributed by atoms with van der Waals surface area (Å²) in [7, 11) is 0. The molecule has 2 heterocycles. The third kappa shape index (κ3) is 3.10. The van der Waals surface area contributed by atoms with E-state index >= 15 is 0 Å². The molecule has 15 heavy (non-hydrogen) atoms. The average Bonchev–Trinajstić information content (AvgIpc) is 2.23. The molecular weight excluding hydrogens is 186 g/mol. The van der Waals surface area contributed by atoms with E-state index in [0.29, 0.717) is 17.9 Å². The lowest BCUT2D eigenvalue weighted by Gasteiger charge is -1.93. The second-order valence-electron chi connectivity index (χ2n) is 2.73. The Hall–Kier alpha value is -1.82. The number of hydrogen-bond acceptors (Lipinski definition) is 3. The van der Waals surface area contributed by atoms with Crippen LogP contribution in [0.2, 0.25) is 0 Å². The molecule has 1 aliphatic rings. The fourth-order valence-electron chi connectivity index (χ4n) is 1.16. The fraction of sp³-hybridized carbons (Fsp3) is 0.333. The van der Waals surface area contributed by atoms with Gasteiger partial charge in [-0.15, -0.1) is 0 Å². The summed E-state index contributed by atoms with van der Waals surface area (Å²) in [6.07, 6.45) is 2.77. The van der Waals surface area contributed by atoms with Crippen molar-refractivity contribution in [2.24, 2.45) is 4.99 Å². The van der Waals surface area contributed by atoms with Gasteiger partial charge in [-0.1, -0.05) is 31.8 Å². The molecule has 2 N–H and O–H groups in total. The predicted octanol–water partition coefficient (Wildman–Crippen LogP) is 0.497. The van der Waals surface area contributed by atoms with Gasteiger partial charge in [-0.05, 0) is 12.1 Å². The molecule has 0 aromatic carbocycles. The first-order valence-electron chi connectivity index (χ1n) is 5.09. The third-order valence-electron chi connectivity index (χ3n) is 1.78. The first-order chi connectivity index (χ1) is 7.36. The Labute approximate surface area is 89.8 Å². The van der Waals surface area contributed by atoms with E-state index in [9.17, 15) is 0 Å². The van der Waals surface area contributed by atoms with Crippen LogP contribution in [0, 0.1) is 11.8 Å². The largest absolute Gasteiger partial charge is 0.384 e. The van der Waals surface area contributed by atoms with E-state index in [1.54, 1.807) is 6.07 Å². The van der Waals surface area contributed by atoms with E-state index in [1.807, 2.05) is 26.0 Å². The fourth-order valence-corrected chi connectivity index (χ4v) is 1.16. The van der Waals surface area contributed by atoms with Gasteiger partial charge in [0, 0.05) is 11.6 Å². The van der Waals surface area contributed by atoms with Gasteiger partial charge in [-0.25, -0.2) is 4.98 Å². The standard InChI is InChI=1S/C10H9N3.C2H6/c11-9-6-5-8-4-2-1-3-7-12-10(8)13-9;1-2/h4-6H,2,7H2,(H2,11,12,13);1-2H3/b8-4-;. The molecular formula is C12H15N3.